The number of guanidine groups is 1. The van der Waals surface area contributed by atoms with Gasteiger partial charge in [-0.1, -0.05) is 0 Å². The van der Waals surface area contributed by atoms with Gasteiger partial charge < -0.3 is 15.0 Å². The van der Waals surface area contributed by atoms with Crippen molar-refractivity contribution in [3.05, 3.63) is 35.1 Å². The summed E-state index contributed by atoms with van der Waals surface area (Å²) in [5.74, 6) is 0.487. The molecule has 1 unspecified atom stereocenters. The number of halogens is 1. The van der Waals surface area contributed by atoms with Crippen LogP contribution in [0.3, 0.4) is 0 Å². The third-order valence-corrected chi connectivity index (χ3v) is 4.93. The molecule has 3 rings (SSSR count). The number of benzene rings is 1. The minimum absolute atomic E-state index is 0.225. The standard InChI is InChI=1S/C19H26FN5O/c1-2-22-19(23-13-16-11-15(12-21)3-4-18(16)20)25-6-5-17(14-25)24-7-9-26-10-8-24/h3-4,11,17H,2,5-10,13-14H2,1H3,(H,22,23). The number of nitriles is 1. The molecule has 2 aliphatic heterocycles. The normalized spacial score (nSPS) is 21.7. The maximum atomic E-state index is 14.0. The molecule has 6 nitrogen and oxygen atoms in total. The van der Waals surface area contributed by atoms with Gasteiger partial charge in [-0.05, 0) is 31.5 Å². The van der Waals surface area contributed by atoms with Gasteiger partial charge in [0, 0.05) is 44.3 Å². The Morgan fingerprint density at radius 2 is 2.19 bits per heavy atom. The Labute approximate surface area is 154 Å². The summed E-state index contributed by atoms with van der Waals surface area (Å²) in [7, 11) is 0. The molecule has 1 aromatic rings. The Bertz CT molecular complexity index is 681. The SMILES string of the molecule is CCNC(=NCc1cc(C#N)ccc1F)N1CCC(N2CCOCC2)C1. The summed E-state index contributed by atoms with van der Waals surface area (Å²) >= 11 is 0. The number of nitrogens with zero attached hydrogens (tertiary/aromatic N) is 4. The van der Waals surface area contributed by atoms with Gasteiger partial charge in [-0.25, -0.2) is 9.38 Å². The van der Waals surface area contributed by atoms with Gasteiger partial charge in [0.25, 0.3) is 0 Å². The molecule has 2 fully saturated rings. The summed E-state index contributed by atoms with van der Waals surface area (Å²) < 4.78 is 19.4. The average Bonchev–Trinajstić information content (AvgIpc) is 3.17. The highest BCUT2D eigenvalue weighted by Crippen LogP contribution is 2.18. The van der Waals surface area contributed by atoms with Crippen LogP contribution >= 0.6 is 0 Å². The lowest BCUT2D eigenvalue weighted by Gasteiger charge is -2.32. The van der Waals surface area contributed by atoms with Gasteiger partial charge in [-0.15, -0.1) is 0 Å². The Balaban J connectivity index is 1.67. The largest absolute Gasteiger partial charge is 0.379 e. The first kappa shape index (κ1) is 18.6. The second kappa shape index (κ2) is 8.97. The van der Waals surface area contributed by atoms with Gasteiger partial charge in [0.15, 0.2) is 5.96 Å². The van der Waals surface area contributed by atoms with Gasteiger partial charge in [0.2, 0.25) is 0 Å². The van der Waals surface area contributed by atoms with Gasteiger partial charge in [-0.2, -0.15) is 5.26 Å². The van der Waals surface area contributed by atoms with Crippen molar-refractivity contribution in [3.8, 4) is 6.07 Å². The number of ether oxygens (including phenoxy) is 1. The number of hydrogen-bond acceptors (Lipinski definition) is 4. The highest BCUT2D eigenvalue weighted by atomic mass is 19.1. The fraction of sp³-hybridized carbons (Fsp3) is 0.579. The molecule has 0 spiro atoms. The second-order valence-electron chi connectivity index (χ2n) is 6.63. The molecular weight excluding hydrogens is 333 g/mol. The number of hydrogen-bond donors (Lipinski definition) is 1. The zero-order valence-corrected chi connectivity index (χ0v) is 15.2. The van der Waals surface area contributed by atoms with Crippen molar-refractivity contribution in [2.45, 2.75) is 25.9 Å². The van der Waals surface area contributed by atoms with Crippen LogP contribution in [-0.2, 0) is 11.3 Å². The van der Waals surface area contributed by atoms with Crippen LogP contribution in [0.15, 0.2) is 23.2 Å². The maximum Gasteiger partial charge on any atom is 0.194 e. The molecule has 1 atom stereocenters. The van der Waals surface area contributed by atoms with Gasteiger partial charge >= 0.3 is 0 Å². The van der Waals surface area contributed by atoms with Crippen LogP contribution in [0, 0.1) is 17.1 Å². The molecule has 2 aliphatic rings. The second-order valence-corrected chi connectivity index (χ2v) is 6.63. The zero-order valence-electron chi connectivity index (χ0n) is 15.2. The Kier molecular flexibility index (Phi) is 6.42. The molecule has 0 bridgehead atoms. The fourth-order valence-electron chi connectivity index (χ4n) is 3.53. The molecule has 0 saturated carbocycles. The molecule has 2 saturated heterocycles. The number of morpholine rings is 1. The number of rotatable bonds is 4. The first-order valence-electron chi connectivity index (χ1n) is 9.25. The molecule has 0 amide bonds. The van der Waals surface area contributed by atoms with Crippen molar-refractivity contribution in [3.63, 3.8) is 0 Å². The van der Waals surface area contributed by atoms with Crippen molar-refractivity contribution in [1.82, 2.24) is 15.1 Å². The van der Waals surface area contributed by atoms with Gasteiger partial charge in [0.1, 0.15) is 5.82 Å². The Morgan fingerprint density at radius 3 is 2.92 bits per heavy atom. The molecule has 7 heteroatoms. The van der Waals surface area contributed by atoms with E-state index in [1.165, 1.54) is 12.1 Å². The molecule has 140 valence electrons. The highest BCUT2D eigenvalue weighted by Gasteiger charge is 2.30. The van der Waals surface area contributed by atoms with Crippen LogP contribution in [0.4, 0.5) is 4.39 Å². The number of nitrogens with one attached hydrogen (secondary N) is 1. The summed E-state index contributed by atoms with van der Waals surface area (Å²) in [5, 5.41) is 12.3. The lowest BCUT2D eigenvalue weighted by Crippen LogP contribution is -2.46. The van der Waals surface area contributed by atoms with Crippen molar-refractivity contribution in [2.24, 2.45) is 4.99 Å². The van der Waals surface area contributed by atoms with E-state index >= 15 is 0 Å². The van der Waals surface area contributed by atoms with E-state index in [4.69, 9.17) is 10.00 Å². The monoisotopic (exact) mass is 359 g/mol. The Morgan fingerprint density at radius 1 is 1.38 bits per heavy atom. The van der Waals surface area contributed by atoms with Gasteiger partial charge in [0.05, 0.1) is 31.4 Å². The third-order valence-electron chi connectivity index (χ3n) is 4.93. The van der Waals surface area contributed by atoms with Crippen molar-refractivity contribution in [2.75, 3.05) is 45.9 Å². The number of aliphatic imine (C=N–C) groups is 1. The van der Waals surface area contributed by atoms with Crippen LogP contribution < -0.4 is 5.32 Å². The third kappa shape index (κ3) is 4.51. The molecule has 0 aliphatic carbocycles. The van der Waals surface area contributed by atoms with Crippen LogP contribution in [0.25, 0.3) is 0 Å². The smallest absolute Gasteiger partial charge is 0.194 e. The van der Waals surface area contributed by atoms with E-state index in [-0.39, 0.29) is 12.4 Å². The topological polar surface area (TPSA) is 63.9 Å². The minimum Gasteiger partial charge on any atom is -0.379 e. The van der Waals surface area contributed by atoms with Crippen LogP contribution in [0.2, 0.25) is 0 Å². The van der Waals surface area contributed by atoms with Crippen molar-refractivity contribution in [1.29, 1.82) is 5.26 Å². The summed E-state index contributed by atoms with van der Waals surface area (Å²) in [6.07, 6.45) is 1.10. The van der Waals surface area contributed by atoms with Crippen LogP contribution in [0.5, 0.6) is 0 Å². The maximum absolute atomic E-state index is 14.0. The highest BCUT2D eigenvalue weighted by molar-refractivity contribution is 5.80. The van der Waals surface area contributed by atoms with Crippen molar-refractivity contribution < 1.29 is 9.13 Å². The number of likely N-dealkylation sites (tertiary alicyclic amines) is 1. The average molecular weight is 359 g/mol. The summed E-state index contributed by atoms with van der Waals surface area (Å²) in [6, 6.07) is 6.96. The van der Waals surface area contributed by atoms with Gasteiger partial charge in [-0.3, -0.25) is 4.90 Å². The van der Waals surface area contributed by atoms with Crippen molar-refractivity contribution >= 4 is 5.96 Å². The summed E-state index contributed by atoms with van der Waals surface area (Å²) in [4.78, 5) is 9.36. The predicted octanol–water partition coefficient (Wildman–Crippen LogP) is 1.57. The molecule has 26 heavy (non-hydrogen) atoms. The molecule has 0 aromatic heterocycles. The molecule has 1 N–H and O–H groups in total. The van der Waals surface area contributed by atoms with E-state index in [1.54, 1.807) is 6.07 Å². The van der Waals surface area contributed by atoms with E-state index in [0.717, 1.165) is 58.3 Å². The van der Waals surface area contributed by atoms with E-state index in [0.29, 0.717) is 17.2 Å². The van der Waals surface area contributed by atoms with E-state index < -0.39 is 0 Å². The van der Waals surface area contributed by atoms with E-state index in [2.05, 4.69) is 20.1 Å². The first-order chi connectivity index (χ1) is 12.7. The molecular formula is C19H26FN5O. The Hall–Kier alpha value is -2.17. The molecule has 2 heterocycles. The molecule has 0 radical (unpaired) electrons. The van der Waals surface area contributed by atoms with Crippen LogP contribution in [-0.4, -0.2) is 67.7 Å². The molecule has 1 aromatic carbocycles. The lowest BCUT2D eigenvalue weighted by atomic mass is 10.1. The van der Waals surface area contributed by atoms with Crippen LogP contribution in [0.1, 0.15) is 24.5 Å². The van der Waals surface area contributed by atoms with E-state index in [9.17, 15) is 4.39 Å². The predicted molar refractivity (Wildman–Crippen MR) is 98.3 cm³/mol. The zero-order chi connectivity index (χ0) is 18.4. The summed E-state index contributed by atoms with van der Waals surface area (Å²) in [5.41, 5.74) is 0.901. The first-order valence-corrected chi connectivity index (χ1v) is 9.25. The quantitative estimate of drug-likeness (QED) is 0.653. The lowest BCUT2D eigenvalue weighted by molar-refractivity contribution is 0.0195. The fourth-order valence-corrected chi connectivity index (χ4v) is 3.53. The summed E-state index contributed by atoms with van der Waals surface area (Å²) in [6.45, 7) is 8.46. The minimum atomic E-state index is -0.323. The van der Waals surface area contributed by atoms with E-state index in [1.807, 2.05) is 13.0 Å².